The number of nitrogens with one attached hydrogen (secondary N) is 1. The number of fused-ring (bicyclic) bond motifs is 8. The molecule has 8 saturated heterocycles. The molecule has 3 aromatic rings. The van der Waals surface area contributed by atoms with Crippen molar-refractivity contribution in [2.45, 2.75) is 315 Å². The van der Waals surface area contributed by atoms with E-state index in [1.54, 1.807) is 42.5 Å². The number of nitrogens with zero attached hydrogens (tertiary/aromatic N) is 3. The van der Waals surface area contributed by atoms with Gasteiger partial charge in [0.15, 0.2) is 11.6 Å². The highest BCUT2D eigenvalue weighted by Crippen LogP contribution is 2.57. The Hall–Kier alpha value is -3.57. The number of piperidine rings is 4. The Bertz CT molecular complexity index is 3300. The van der Waals surface area contributed by atoms with Crippen molar-refractivity contribution in [1.29, 1.82) is 0 Å². The summed E-state index contributed by atoms with van der Waals surface area (Å²) < 4.78 is 16.9. The SMILES string of the molecule is CCCC1(C(=O)c2ccc(Cl)c(Cl)c2)CCC2CCC1N2.CCCC1(C(=O)c2ccc(Cl)c(Cl)c2)CCC2CCC1N2C(=O)OC(C)(C)C.CCCC1(C(O)c2ccc(Cl)c(Cl)c2)CCC2CCC1N2C(=O)OC(C)(C)C.CCCC1(C=O)CCC2CCC1N2C(=O)OC(C)(C)C.Cl. The van der Waals surface area contributed by atoms with Crippen LogP contribution in [-0.2, 0) is 19.0 Å². The van der Waals surface area contributed by atoms with E-state index in [0.717, 1.165) is 160 Å². The minimum absolute atomic E-state index is 0. The number of aliphatic hydroxyl groups excluding tert-OH is 1. The van der Waals surface area contributed by atoms with E-state index in [0.29, 0.717) is 53.3 Å². The fraction of sp³-hybridized carbons (Fsp3) is 0.688. The molecule has 13 unspecified atom stereocenters. The highest BCUT2D eigenvalue weighted by atomic mass is 35.5. The summed E-state index contributed by atoms with van der Waals surface area (Å²) in [5, 5.41) is 17.9. The van der Waals surface area contributed by atoms with Crippen molar-refractivity contribution in [3.8, 4) is 0 Å². The molecule has 14 nitrogen and oxygen atoms in total. The second kappa shape index (κ2) is 33.5. The Labute approximate surface area is 620 Å². The smallest absolute Gasteiger partial charge is 0.410 e. The van der Waals surface area contributed by atoms with Crippen molar-refractivity contribution in [1.82, 2.24) is 20.0 Å². The summed E-state index contributed by atoms with van der Waals surface area (Å²) in [6.45, 7) is 25.4. The van der Waals surface area contributed by atoms with Gasteiger partial charge in [-0.05, 0) is 245 Å². The molecular formula is C77H109Cl7N4O10. The number of benzene rings is 3. The predicted molar refractivity (Wildman–Crippen MR) is 397 cm³/mol. The number of aldehydes is 1. The lowest BCUT2D eigenvalue weighted by molar-refractivity contribution is -0.123. The summed E-state index contributed by atoms with van der Waals surface area (Å²) in [5.41, 5.74) is -1.18. The van der Waals surface area contributed by atoms with Crippen LogP contribution < -0.4 is 5.32 Å². The summed E-state index contributed by atoms with van der Waals surface area (Å²) >= 11 is 36.6. The molecule has 98 heavy (non-hydrogen) atoms. The number of ether oxygens (including phenoxy) is 3. The van der Waals surface area contributed by atoms with Gasteiger partial charge < -0.3 is 44.1 Å². The van der Waals surface area contributed by atoms with Gasteiger partial charge in [-0.25, -0.2) is 14.4 Å². The van der Waals surface area contributed by atoms with Gasteiger partial charge in [0.2, 0.25) is 0 Å². The van der Waals surface area contributed by atoms with Crippen LogP contribution in [-0.4, -0.2) is 121 Å². The number of halogens is 7. The van der Waals surface area contributed by atoms with E-state index in [1.807, 2.05) is 89.1 Å². The van der Waals surface area contributed by atoms with Crippen LogP contribution in [0.15, 0.2) is 54.6 Å². The summed E-state index contributed by atoms with van der Waals surface area (Å²) in [4.78, 5) is 82.8. The van der Waals surface area contributed by atoms with Crippen molar-refractivity contribution in [2.24, 2.45) is 21.7 Å². The number of hydrogen-bond acceptors (Lipinski definition) is 11. The average Bonchev–Trinajstić information content (AvgIpc) is 1.51. The van der Waals surface area contributed by atoms with E-state index >= 15 is 0 Å². The molecule has 3 aromatic carbocycles. The number of amides is 3. The number of carbonyl (C=O) groups excluding carboxylic acids is 6. The molecule has 8 aliphatic rings. The van der Waals surface area contributed by atoms with Crippen LogP contribution in [0, 0.1) is 21.7 Å². The van der Waals surface area contributed by atoms with Gasteiger partial charge in [0.05, 0.1) is 41.7 Å². The van der Waals surface area contributed by atoms with E-state index in [9.17, 15) is 33.9 Å². The lowest BCUT2D eigenvalue weighted by Crippen LogP contribution is -2.57. The number of hydrogen-bond donors (Lipinski definition) is 2. The van der Waals surface area contributed by atoms with E-state index in [4.69, 9.17) is 83.8 Å². The minimum Gasteiger partial charge on any atom is -0.444 e. The van der Waals surface area contributed by atoms with Gasteiger partial charge in [0.1, 0.15) is 23.1 Å². The molecule has 8 aliphatic heterocycles. The summed E-state index contributed by atoms with van der Waals surface area (Å²) in [5.74, 6) is 0.299. The Morgan fingerprint density at radius 2 is 0.898 bits per heavy atom. The van der Waals surface area contributed by atoms with Crippen molar-refractivity contribution < 1.29 is 48.1 Å². The Morgan fingerprint density at radius 3 is 1.37 bits per heavy atom. The number of aliphatic hydroxyl groups is 1. The molecule has 11 rings (SSSR count). The normalized spacial score (nSPS) is 29.3. The Kier molecular flexibility index (Phi) is 27.9. The predicted octanol–water partition coefficient (Wildman–Crippen LogP) is 21.7. The van der Waals surface area contributed by atoms with Gasteiger partial charge in [0, 0.05) is 75.7 Å². The van der Waals surface area contributed by atoms with Crippen LogP contribution >= 0.6 is 82.0 Å². The first kappa shape index (κ1) is 81.7. The molecule has 0 aliphatic carbocycles. The van der Waals surface area contributed by atoms with Gasteiger partial charge in [0.25, 0.3) is 0 Å². The molecular weight excluding hydrogens is 1390 g/mol. The second-order valence-electron chi connectivity index (χ2n) is 31.9. The highest BCUT2D eigenvalue weighted by molar-refractivity contribution is 6.43. The Balaban J connectivity index is 0.000000185. The zero-order valence-corrected chi connectivity index (χ0v) is 65.4. The van der Waals surface area contributed by atoms with E-state index in [-0.39, 0.29) is 89.3 Å². The molecule has 3 amide bonds. The number of Topliss-reactive ketones (excluding diaryl/α,β-unsaturated/α-hetero) is 2. The first-order valence-electron chi connectivity index (χ1n) is 36.0. The molecule has 8 heterocycles. The van der Waals surface area contributed by atoms with Crippen molar-refractivity contribution in [3.05, 3.63) is 101 Å². The van der Waals surface area contributed by atoms with E-state index in [2.05, 4.69) is 33.0 Å². The number of carbonyl (C=O) groups is 6. The second-order valence-corrected chi connectivity index (χ2v) is 34.4. The zero-order chi connectivity index (χ0) is 71.4. The molecule has 8 fully saturated rings. The van der Waals surface area contributed by atoms with Crippen LogP contribution in [0.25, 0.3) is 0 Å². The third-order valence-corrected chi connectivity index (χ3v) is 24.3. The maximum Gasteiger partial charge on any atom is 0.410 e. The molecule has 546 valence electrons. The maximum absolute atomic E-state index is 13.7. The number of rotatable bonds is 15. The minimum atomic E-state index is -0.712. The molecule has 8 bridgehead atoms. The zero-order valence-electron chi connectivity index (χ0n) is 60.1. The fourth-order valence-corrected chi connectivity index (χ4v) is 19.0. The average molecular weight is 1500 g/mol. The summed E-state index contributed by atoms with van der Waals surface area (Å²) in [6, 6.07) is 17.1. The van der Waals surface area contributed by atoms with Gasteiger partial charge >= 0.3 is 18.3 Å². The highest BCUT2D eigenvalue weighted by Gasteiger charge is 2.60. The molecule has 0 spiro atoms. The molecule has 0 radical (unpaired) electrons. The third kappa shape index (κ3) is 18.0. The van der Waals surface area contributed by atoms with Crippen molar-refractivity contribution in [3.63, 3.8) is 0 Å². The summed E-state index contributed by atoms with van der Waals surface area (Å²) in [7, 11) is 0. The van der Waals surface area contributed by atoms with Crippen molar-refractivity contribution >= 4 is 118 Å². The first-order valence-corrected chi connectivity index (χ1v) is 38.2. The fourth-order valence-electron chi connectivity index (χ4n) is 18.1. The topological polar surface area (TPSA) is 172 Å². The lowest BCUT2D eigenvalue weighted by Gasteiger charge is -2.51. The molecule has 0 aromatic heterocycles. The molecule has 2 N–H and O–H groups in total. The van der Waals surface area contributed by atoms with Crippen LogP contribution in [0.5, 0.6) is 0 Å². The summed E-state index contributed by atoms with van der Waals surface area (Å²) in [6.07, 6.45) is 21.9. The lowest BCUT2D eigenvalue weighted by atomic mass is 9.65. The maximum atomic E-state index is 13.7. The quantitative estimate of drug-likeness (QED) is 0.0843. The molecule has 21 heteroatoms. The van der Waals surface area contributed by atoms with Gasteiger partial charge in [-0.2, -0.15) is 0 Å². The van der Waals surface area contributed by atoms with Crippen LogP contribution in [0.4, 0.5) is 14.4 Å². The van der Waals surface area contributed by atoms with E-state index in [1.165, 1.54) is 6.42 Å². The number of ketones is 2. The monoisotopic (exact) mass is 1490 g/mol. The first-order chi connectivity index (χ1) is 45.6. The largest absolute Gasteiger partial charge is 0.444 e. The van der Waals surface area contributed by atoms with Gasteiger partial charge in [-0.15, -0.1) is 12.4 Å². The van der Waals surface area contributed by atoms with Crippen molar-refractivity contribution in [2.75, 3.05) is 0 Å². The third-order valence-electron chi connectivity index (χ3n) is 22.1. The van der Waals surface area contributed by atoms with Gasteiger partial charge in [-0.3, -0.25) is 9.59 Å². The van der Waals surface area contributed by atoms with Gasteiger partial charge in [-0.1, -0.05) is 129 Å². The molecule has 0 saturated carbocycles. The molecule has 13 atom stereocenters. The van der Waals surface area contributed by atoms with Crippen LogP contribution in [0.3, 0.4) is 0 Å². The Morgan fingerprint density at radius 1 is 0.490 bits per heavy atom. The van der Waals surface area contributed by atoms with Crippen LogP contribution in [0.1, 0.15) is 276 Å². The standard InChI is InChI=1S/C22H31Cl2NO3.C22H29Cl2NO3.C17H21Cl2NO.C16H27NO3.ClH/c2*1-5-11-22(19(26)14-6-8-16(23)17(24)13-14)12-10-15-7-9-18(22)25(15)20(27)28-21(2,3)4;1-2-8-17(9-7-12-4-6-15(17)20-12)16(21)11-3-5-13(18)14(19)10-11;1-5-9-16(11-18)10-8-12-6-7-13(16)17(12)14(19)20-15(2,3)4;/h6,8,13,15,18-19,26H,5,7,9-12H2,1-4H3;6,8,13,15,18H,5,7,9-12H2,1-4H3;3,5,10,12,15,20H,2,4,6-9H2,1H3;11-13H,5-10H2,1-4H3;1H. The van der Waals surface area contributed by atoms with E-state index < -0.39 is 33.7 Å². The van der Waals surface area contributed by atoms with Crippen LogP contribution in [0.2, 0.25) is 30.1 Å².